The molecule has 0 bridgehead atoms. The minimum absolute atomic E-state index is 0.0690. The number of benzene rings is 2. The van der Waals surface area contributed by atoms with Crippen molar-refractivity contribution in [2.24, 2.45) is 0 Å². The minimum atomic E-state index is 0.0690. The van der Waals surface area contributed by atoms with Crippen molar-refractivity contribution in [3.63, 3.8) is 0 Å². The van der Waals surface area contributed by atoms with Crippen LogP contribution in [-0.2, 0) is 0 Å². The first kappa shape index (κ1) is 14.0. The molecule has 0 unspecified atom stereocenters. The van der Waals surface area contributed by atoms with Gasteiger partial charge in [-0.3, -0.25) is 4.79 Å². The van der Waals surface area contributed by atoms with Gasteiger partial charge in [-0.1, -0.05) is 18.2 Å². The highest BCUT2D eigenvalue weighted by Crippen LogP contribution is 2.33. The molecular weight excluding hydrogens is 306 g/mol. The molecule has 100 valence electrons. The highest BCUT2D eigenvalue weighted by atomic mass is 79.9. The molecule has 0 saturated carbocycles. The van der Waals surface area contributed by atoms with Gasteiger partial charge in [0.2, 0.25) is 0 Å². The van der Waals surface area contributed by atoms with Gasteiger partial charge < -0.3 is 10.0 Å². The van der Waals surface area contributed by atoms with Gasteiger partial charge in [-0.05, 0) is 45.8 Å². The molecule has 0 radical (unpaired) electrons. The van der Waals surface area contributed by atoms with E-state index in [0.29, 0.717) is 6.54 Å². The second kappa shape index (κ2) is 5.72. The highest BCUT2D eigenvalue weighted by Gasteiger charge is 2.10. The van der Waals surface area contributed by atoms with Crippen LogP contribution in [-0.4, -0.2) is 31.1 Å². The van der Waals surface area contributed by atoms with E-state index in [9.17, 15) is 4.79 Å². The first-order valence-corrected chi connectivity index (χ1v) is 6.89. The van der Waals surface area contributed by atoms with Crippen LogP contribution in [0, 0.1) is 0 Å². The molecule has 0 heterocycles. The summed E-state index contributed by atoms with van der Waals surface area (Å²) >= 11 is 3.61. The van der Waals surface area contributed by atoms with Crippen molar-refractivity contribution in [3.05, 3.63) is 40.4 Å². The van der Waals surface area contributed by atoms with E-state index in [1.807, 2.05) is 42.3 Å². The highest BCUT2D eigenvalue weighted by molar-refractivity contribution is 9.10. The van der Waals surface area contributed by atoms with Crippen molar-refractivity contribution < 1.29 is 9.90 Å². The fourth-order valence-corrected chi connectivity index (χ4v) is 2.86. The van der Waals surface area contributed by atoms with Crippen molar-refractivity contribution in [1.82, 2.24) is 0 Å². The number of nitrogens with zero attached hydrogens (tertiary/aromatic N) is 1. The molecule has 0 atom stereocenters. The lowest BCUT2D eigenvalue weighted by Gasteiger charge is -2.20. The summed E-state index contributed by atoms with van der Waals surface area (Å²) in [5.74, 6) is 0.0690. The Morgan fingerprint density at radius 3 is 2.68 bits per heavy atom. The van der Waals surface area contributed by atoms with Gasteiger partial charge in [0.05, 0.1) is 12.3 Å². The van der Waals surface area contributed by atoms with E-state index in [-0.39, 0.29) is 12.4 Å². The number of fused-ring (bicyclic) bond motifs is 1. The van der Waals surface area contributed by atoms with E-state index >= 15 is 0 Å². The lowest BCUT2D eigenvalue weighted by Crippen LogP contribution is -2.21. The van der Waals surface area contributed by atoms with Crippen LogP contribution in [0.2, 0.25) is 0 Å². The molecule has 0 spiro atoms. The molecule has 0 aromatic heterocycles. The summed E-state index contributed by atoms with van der Waals surface area (Å²) in [7, 11) is 1.94. The lowest BCUT2D eigenvalue weighted by atomic mass is 10.0. The standard InChI is InChI=1S/C15H16BrNO2/c1-10(19)11-3-5-13-12(9-11)4-6-14(15(13)16)17(2)7-8-18/h3-6,9,18H,7-8H2,1-2H3. The maximum Gasteiger partial charge on any atom is 0.159 e. The third-order valence-electron chi connectivity index (χ3n) is 3.19. The smallest absolute Gasteiger partial charge is 0.159 e. The average molecular weight is 322 g/mol. The van der Waals surface area contributed by atoms with E-state index in [4.69, 9.17) is 5.11 Å². The predicted octanol–water partition coefficient (Wildman–Crippen LogP) is 3.23. The van der Waals surface area contributed by atoms with Gasteiger partial charge in [-0.2, -0.15) is 0 Å². The normalized spacial score (nSPS) is 10.7. The Morgan fingerprint density at radius 1 is 1.32 bits per heavy atom. The monoisotopic (exact) mass is 321 g/mol. The Labute approximate surface area is 121 Å². The Bertz CT molecular complexity index is 625. The van der Waals surface area contributed by atoms with Crippen LogP contribution in [0.25, 0.3) is 10.8 Å². The van der Waals surface area contributed by atoms with Crippen molar-refractivity contribution >= 4 is 38.2 Å². The third-order valence-corrected chi connectivity index (χ3v) is 4.02. The van der Waals surface area contributed by atoms with Gasteiger partial charge in [-0.25, -0.2) is 0 Å². The SMILES string of the molecule is CC(=O)c1ccc2c(Br)c(N(C)CCO)ccc2c1. The number of carbonyl (C=O) groups is 1. The maximum atomic E-state index is 11.4. The summed E-state index contributed by atoms with van der Waals surface area (Å²) in [4.78, 5) is 13.4. The molecule has 0 amide bonds. The van der Waals surface area contributed by atoms with Gasteiger partial charge in [0.15, 0.2) is 5.78 Å². The molecule has 2 rings (SSSR count). The Morgan fingerprint density at radius 2 is 2.05 bits per heavy atom. The molecule has 0 saturated heterocycles. The van der Waals surface area contributed by atoms with Crippen LogP contribution in [0.5, 0.6) is 0 Å². The fraction of sp³-hybridized carbons (Fsp3) is 0.267. The number of Topliss-reactive ketones (excluding diaryl/α,β-unsaturated/α-hetero) is 1. The number of aliphatic hydroxyl groups excluding tert-OH is 1. The molecule has 19 heavy (non-hydrogen) atoms. The van der Waals surface area contributed by atoms with Gasteiger partial charge in [0.1, 0.15) is 0 Å². The van der Waals surface area contributed by atoms with Crippen LogP contribution in [0.15, 0.2) is 34.8 Å². The Balaban J connectivity index is 2.53. The molecule has 0 aliphatic heterocycles. The van der Waals surface area contributed by atoms with E-state index in [1.54, 1.807) is 6.92 Å². The Hall–Kier alpha value is -1.39. The fourth-order valence-electron chi connectivity index (χ4n) is 2.06. The average Bonchev–Trinajstić information content (AvgIpc) is 2.38. The summed E-state index contributed by atoms with van der Waals surface area (Å²) in [5, 5.41) is 11.1. The lowest BCUT2D eigenvalue weighted by molar-refractivity contribution is 0.101. The summed E-state index contributed by atoms with van der Waals surface area (Å²) in [5.41, 5.74) is 1.74. The number of halogens is 1. The van der Waals surface area contributed by atoms with Crippen LogP contribution in [0.4, 0.5) is 5.69 Å². The predicted molar refractivity (Wildman–Crippen MR) is 82.0 cm³/mol. The second-order valence-corrected chi connectivity index (χ2v) is 5.33. The van der Waals surface area contributed by atoms with Crippen LogP contribution < -0.4 is 4.90 Å². The summed E-state index contributed by atoms with van der Waals surface area (Å²) < 4.78 is 0.982. The topological polar surface area (TPSA) is 40.5 Å². The van der Waals surface area contributed by atoms with Crippen molar-refractivity contribution in [2.75, 3.05) is 25.1 Å². The molecule has 4 heteroatoms. The minimum Gasteiger partial charge on any atom is -0.395 e. The van der Waals surface area contributed by atoms with E-state index < -0.39 is 0 Å². The number of anilines is 1. The third kappa shape index (κ3) is 2.80. The van der Waals surface area contributed by atoms with Gasteiger partial charge in [0.25, 0.3) is 0 Å². The number of carbonyl (C=O) groups excluding carboxylic acids is 1. The first-order chi connectivity index (χ1) is 9.04. The number of likely N-dealkylation sites (N-methyl/N-ethyl adjacent to an activating group) is 1. The molecule has 0 aliphatic carbocycles. The van der Waals surface area contributed by atoms with Gasteiger partial charge in [0, 0.05) is 23.6 Å². The quantitative estimate of drug-likeness (QED) is 0.879. The molecule has 3 nitrogen and oxygen atoms in total. The Kier molecular flexibility index (Phi) is 4.22. The number of rotatable bonds is 4. The molecule has 0 fully saturated rings. The largest absolute Gasteiger partial charge is 0.395 e. The van der Waals surface area contributed by atoms with Gasteiger partial charge >= 0.3 is 0 Å². The number of hydrogen-bond donors (Lipinski definition) is 1. The summed E-state index contributed by atoms with van der Waals surface area (Å²) in [6.45, 7) is 2.26. The van der Waals surface area contributed by atoms with E-state index in [1.165, 1.54) is 0 Å². The van der Waals surface area contributed by atoms with E-state index in [2.05, 4.69) is 15.9 Å². The zero-order valence-corrected chi connectivity index (χ0v) is 12.6. The summed E-state index contributed by atoms with van der Waals surface area (Å²) in [6, 6.07) is 9.68. The van der Waals surface area contributed by atoms with Gasteiger partial charge in [-0.15, -0.1) is 0 Å². The molecule has 0 aliphatic rings. The second-order valence-electron chi connectivity index (χ2n) is 4.54. The molecule has 2 aromatic rings. The molecular formula is C15H16BrNO2. The van der Waals surface area contributed by atoms with Crippen molar-refractivity contribution in [2.45, 2.75) is 6.92 Å². The van der Waals surface area contributed by atoms with Crippen LogP contribution >= 0.6 is 15.9 Å². The molecule has 2 aromatic carbocycles. The van der Waals surface area contributed by atoms with Crippen molar-refractivity contribution in [3.8, 4) is 0 Å². The number of hydrogen-bond acceptors (Lipinski definition) is 3. The summed E-state index contributed by atoms with van der Waals surface area (Å²) in [6.07, 6.45) is 0. The maximum absolute atomic E-state index is 11.4. The van der Waals surface area contributed by atoms with Crippen LogP contribution in [0.3, 0.4) is 0 Å². The van der Waals surface area contributed by atoms with Crippen LogP contribution in [0.1, 0.15) is 17.3 Å². The zero-order valence-electron chi connectivity index (χ0n) is 11.0. The van der Waals surface area contributed by atoms with Crippen molar-refractivity contribution in [1.29, 1.82) is 0 Å². The van der Waals surface area contributed by atoms with E-state index in [0.717, 1.165) is 26.5 Å². The molecule has 1 N–H and O–H groups in total. The zero-order chi connectivity index (χ0) is 14.0. The number of ketones is 1. The first-order valence-electron chi connectivity index (χ1n) is 6.10. The number of aliphatic hydroxyl groups is 1.